The summed E-state index contributed by atoms with van der Waals surface area (Å²) in [4.78, 5) is 46.2. The Morgan fingerprint density at radius 3 is 2.15 bits per heavy atom. The highest BCUT2D eigenvalue weighted by atomic mass is 16.7. The van der Waals surface area contributed by atoms with Crippen molar-refractivity contribution < 1.29 is 29.0 Å². The lowest BCUT2D eigenvalue weighted by Gasteiger charge is -2.35. The van der Waals surface area contributed by atoms with Gasteiger partial charge in [-0.05, 0) is 44.9 Å². The lowest BCUT2D eigenvalue weighted by atomic mass is 10.0. The van der Waals surface area contributed by atoms with Crippen molar-refractivity contribution >= 4 is 17.9 Å². The largest absolute Gasteiger partial charge is 0.465 e. The van der Waals surface area contributed by atoms with Crippen LogP contribution in [0.25, 0.3) is 0 Å². The Hall–Kier alpha value is -3.54. The highest BCUT2D eigenvalue weighted by Crippen LogP contribution is 2.13. The summed E-state index contributed by atoms with van der Waals surface area (Å²) in [5.41, 5.74) is 7.34. The molecule has 4 N–H and O–H groups in total. The third-order valence-corrected chi connectivity index (χ3v) is 6.08. The average molecular weight is 544 g/mol. The first-order valence-corrected chi connectivity index (χ1v) is 13.2. The summed E-state index contributed by atoms with van der Waals surface area (Å²) in [7, 11) is 0. The van der Waals surface area contributed by atoms with Gasteiger partial charge >= 0.3 is 6.09 Å². The molecular formula is C28H41N5O6. The summed E-state index contributed by atoms with van der Waals surface area (Å²) < 4.78 is 11.3. The molecular weight excluding hydrogens is 502 g/mol. The van der Waals surface area contributed by atoms with E-state index in [1.54, 1.807) is 47.6 Å². The number of benzene rings is 1. The van der Waals surface area contributed by atoms with E-state index in [0.717, 1.165) is 10.5 Å². The summed E-state index contributed by atoms with van der Waals surface area (Å²) in [5, 5.41) is 12.7. The molecule has 0 aliphatic rings. The maximum Gasteiger partial charge on any atom is 0.408 e. The van der Waals surface area contributed by atoms with Crippen molar-refractivity contribution in [2.75, 3.05) is 26.3 Å². The van der Waals surface area contributed by atoms with E-state index in [4.69, 9.17) is 15.2 Å². The third kappa shape index (κ3) is 9.93. The number of carboxylic acid groups (broad SMARTS) is 1. The Kier molecular flexibility index (Phi) is 13.3. The van der Waals surface area contributed by atoms with Gasteiger partial charge in [-0.1, -0.05) is 36.4 Å². The number of carbonyl (C=O) groups is 3. The number of aromatic nitrogens is 1. The minimum atomic E-state index is -1.29. The van der Waals surface area contributed by atoms with Gasteiger partial charge in [0.15, 0.2) is 6.29 Å². The molecule has 0 bridgehead atoms. The Morgan fingerprint density at radius 1 is 1.00 bits per heavy atom. The van der Waals surface area contributed by atoms with Crippen molar-refractivity contribution in [3.05, 3.63) is 66.0 Å². The van der Waals surface area contributed by atoms with E-state index < -0.39 is 30.4 Å². The number of pyridine rings is 1. The first-order chi connectivity index (χ1) is 18.7. The molecule has 1 heterocycles. The van der Waals surface area contributed by atoms with Crippen LogP contribution in [0.3, 0.4) is 0 Å². The molecule has 1 aromatic heterocycles. The molecule has 11 heteroatoms. The fraction of sp³-hybridized carbons (Fsp3) is 0.500. The molecule has 0 radical (unpaired) electrons. The molecule has 0 aliphatic heterocycles. The van der Waals surface area contributed by atoms with E-state index >= 15 is 0 Å². The van der Waals surface area contributed by atoms with Crippen LogP contribution in [-0.4, -0.2) is 88.5 Å². The number of nitrogens with zero attached hydrogens (tertiary/aromatic N) is 3. The minimum Gasteiger partial charge on any atom is -0.465 e. The third-order valence-electron chi connectivity index (χ3n) is 6.08. The maximum atomic E-state index is 13.9. The Labute approximate surface area is 230 Å². The second-order valence-electron chi connectivity index (χ2n) is 9.20. The van der Waals surface area contributed by atoms with Gasteiger partial charge in [-0.2, -0.15) is 0 Å². The molecule has 1 aromatic carbocycles. The summed E-state index contributed by atoms with van der Waals surface area (Å²) >= 11 is 0. The van der Waals surface area contributed by atoms with Crippen molar-refractivity contribution in [2.45, 2.75) is 65.1 Å². The number of rotatable bonds is 16. The highest BCUT2D eigenvalue weighted by Gasteiger charge is 2.34. The van der Waals surface area contributed by atoms with E-state index in [1.807, 2.05) is 39.8 Å². The lowest BCUT2D eigenvalue weighted by molar-refractivity contribution is -0.163. The minimum absolute atomic E-state index is 0.0325. The van der Waals surface area contributed by atoms with Gasteiger partial charge in [0.05, 0.1) is 6.54 Å². The van der Waals surface area contributed by atoms with Crippen molar-refractivity contribution in [1.82, 2.24) is 20.1 Å². The van der Waals surface area contributed by atoms with Crippen LogP contribution in [0.2, 0.25) is 0 Å². The van der Waals surface area contributed by atoms with Crippen LogP contribution in [0.15, 0.2) is 54.9 Å². The molecule has 2 unspecified atom stereocenters. The summed E-state index contributed by atoms with van der Waals surface area (Å²) in [6.45, 7) is 8.10. The number of hydrogen-bond donors (Lipinski definition) is 3. The van der Waals surface area contributed by atoms with E-state index in [9.17, 15) is 19.5 Å². The van der Waals surface area contributed by atoms with Crippen LogP contribution < -0.4 is 11.1 Å². The summed E-state index contributed by atoms with van der Waals surface area (Å²) in [6, 6.07) is 10.0. The van der Waals surface area contributed by atoms with Gasteiger partial charge in [0.25, 0.3) is 0 Å². The number of carbonyl (C=O) groups excluding carboxylic acids is 2. The van der Waals surface area contributed by atoms with E-state index in [0.29, 0.717) is 18.8 Å². The van der Waals surface area contributed by atoms with Crippen LogP contribution >= 0.6 is 0 Å². The van der Waals surface area contributed by atoms with Gasteiger partial charge in [-0.3, -0.25) is 19.5 Å². The smallest absolute Gasteiger partial charge is 0.408 e. The zero-order valence-electron chi connectivity index (χ0n) is 23.2. The van der Waals surface area contributed by atoms with Gasteiger partial charge in [0, 0.05) is 51.2 Å². The standard InChI is InChI=1S/C28H41N5O6/c1-5-38-25(39-6-2)19-32(20(3)4)27(35)23(15-22-13-10-14-30-17-22)31-26(34)24(16-29)33(28(36)37)18-21-11-8-7-9-12-21/h7-14,17,20,23-25H,5-6,15-16,18-19,29H2,1-4H3,(H,31,34)(H,36,37). The molecule has 0 saturated carbocycles. The Balaban J connectivity index is 2.34. The zero-order chi connectivity index (χ0) is 28.8. The van der Waals surface area contributed by atoms with Crippen molar-refractivity contribution in [3.8, 4) is 0 Å². The Morgan fingerprint density at radius 2 is 1.64 bits per heavy atom. The molecule has 2 atom stereocenters. The van der Waals surface area contributed by atoms with Gasteiger partial charge in [-0.25, -0.2) is 4.79 Å². The first kappa shape index (κ1) is 31.7. The van der Waals surface area contributed by atoms with Crippen LogP contribution in [0.5, 0.6) is 0 Å². The monoisotopic (exact) mass is 543 g/mol. The Bertz CT molecular complexity index is 1020. The van der Waals surface area contributed by atoms with Gasteiger partial charge < -0.3 is 30.5 Å². The van der Waals surface area contributed by atoms with Crippen molar-refractivity contribution in [3.63, 3.8) is 0 Å². The quantitative estimate of drug-likeness (QED) is 0.273. The molecule has 39 heavy (non-hydrogen) atoms. The van der Waals surface area contributed by atoms with Gasteiger partial charge in [0.2, 0.25) is 11.8 Å². The van der Waals surface area contributed by atoms with Crippen LogP contribution in [0.1, 0.15) is 38.8 Å². The number of ether oxygens (including phenoxy) is 2. The SMILES string of the molecule is CCOC(CN(C(=O)C(Cc1cccnc1)NC(=O)C(CN)N(Cc1ccccc1)C(=O)O)C(C)C)OCC. The van der Waals surface area contributed by atoms with E-state index in [1.165, 1.54) is 0 Å². The zero-order valence-corrected chi connectivity index (χ0v) is 23.2. The molecule has 214 valence electrons. The number of hydrogen-bond acceptors (Lipinski definition) is 7. The molecule has 0 fully saturated rings. The first-order valence-electron chi connectivity index (χ1n) is 13.2. The molecule has 0 aliphatic carbocycles. The highest BCUT2D eigenvalue weighted by molar-refractivity contribution is 5.91. The topological polar surface area (TPSA) is 147 Å². The number of nitrogens with two attached hydrogens (primary N) is 1. The number of amides is 3. The maximum absolute atomic E-state index is 13.9. The second kappa shape index (κ2) is 16.4. The summed E-state index contributed by atoms with van der Waals surface area (Å²) in [5.74, 6) is -1.01. The molecule has 2 rings (SSSR count). The van der Waals surface area contributed by atoms with E-state index in [2.05, 4.69) is 10.3 Å². The van der Waals surface area contributed by atoms with Crippen molar-refractivity contribution in [2.24, 2.45) is 5.73 Å². The molecule has 0 saturated heterocycles. The summed E-state index contributed by atoms with van der Waals surface area (Å²) in [6.07, 6.45) is 1.46. The lowest BCUT2D eigenvalue weighted by Crippen LogP contribution is -2.59. The van der Waals surface area contributed by atoms with Crippen molar-refractivity contribution in [1.29, 1.82) is 0 Å². The number of nitrogens with one attached hydrogen (secondary N) is 1. The van der Waals surface area contributed by atoms with Gasteiger partial charge in [-0.15, -0.1) is 0 Å². The van der Waals surface area contributed by atoms with Crippen LogP contribution in [-0.2, 0) is 32.0 Å². The average Bonchev–Trinajstić information content (AvgIpc) is 2.92. The van der Waals surface area contributed by atoms with Gasteiger partial charge in [0.1, 0.15) is 12.1 Å². The molecule has 0 spiro atoms. The molecule has 11 nitrogen and oxygen atoms in total. The molecule has 2 aromatic rings. The predicted octanol–water partition coefficient (Wildman–Crippen LogP) is 2.25. The van der Waals surface area contributed by atoms with E-state index in [-0.39, 0.29) is 38.0 Å². The fourth-order valence-electron chi connectivity index (χ4n) is 4.13. The predicted molar refractivity (Wildman–Crippen MR) is 147 cm³/mol. The van der Waals surface area contributed by atoms with Crippen LogP contribution in [0, 0.1) is 0 Å². The van der Waals surface area contributed by atoms with Crippen LogP contribution in [0.4, 0.5) is 4.79 Å². The fourth-order valence-corrected chi connectivity index (χ4v) is 4.13. The normalized spacial score (nSPS) is 12.7. The molecule has 3 amide bonds. The second-order valence-corrected chi connectivity index (χ2v) is 9.20.